The molecule has 0 saturated carbocycles. The monoisotopic (exact) mass is 739 g/mol. The van der Waals surface area contributed by atoms with E-state index in [4.69, 9.17) is 19.9 Å². The van der Waals surface area contributed by atoms with Crippen LogP contribution in [0.1, 0.15) is 85.3 Å². The fourth-order valence-corrected chi connectivity index (χ4v) is 5.26. The summed E-state index contributed by atoms with van der Waals surface area (Å²) >= 11 is 0. The van der Waals surface area contributed by atoms with Gasteiger partial charge in [0.1, 0.15) is 42.1 Å². The highest BCUT2D eigenvalue weighted by molar-refractivity contribution is 5.95. The Morgan fingerprint density at radius 3 is 1.75 bits per heavy atom. The number of alkyl carbamates (subject to hydrolysis) is 1. The van der Waals surface area contributed by atoms with E-state index in [0.717, 1.165) is 5.56 Å². The summed E-state index contributed by atoms with van der Waals surface area (Å²) in [6.07, 6.45) is -0.729. The summed E-state index contributed by atoms with van der Waals surface area (Å²) in [7, 11) is 1.20. The van der Waals surface area contributed by atoms with E-state index in [1.165, 1.54) is 7.11 Å². The second kappa shape index (κ2) is 21.4. The molecule has 0 bridgehead atoms. The van der Waals surface area contributed by atoms with Crippen LogP contribution in [-0.4, -0.2) is 72.6 Å². The van der Waals surface area contributed by atoms with Gasteiger partial charge in [0.15, 0.2) is 0 Å². The molecule has 0 saturated heterocycles. The molecule has 0 heterocycles. The predicted molar refractivity (Wildman–Crippen MR) is 199 cm³/mol. The van der Waals surface area contributed by atoms with E-state index < -0.39 is 65.5 Å². The Labute approximate surface area is 312 Å². The normalized spacial score (nSPS) is 13.5. The van der Waals surface area contributed by atoms with Gasteiger partial charge in [0.25, 0.3) is 0 Å². The van der Waals surface area contributed by atoms with Gasteiger partial charge >= 0.3 is 12.1 Å². The number of ether oxygens (including phenoxy) is 3. The number of hydrogen-bond acceptors (Lipinski definition) is 9. The van der Waals surface area contributed by atoms with Crippen LogP contribution in [0.15, 0.2) is 54.6 Å². The van der Waals surface area contributed by atoms with Gasteiger partial charge in [-0.2, -0.15) is 0 Å². The molecule has 4 atom stereocenters. The first-order chi connectivity index (χ1) is 24.9. The molecular weight excluding hydrogens is 682 g/mol. The van der Waals surface area contributed by atoms with Gasteiger partial charge in [-0.15, -0.1) is 0 Å². The Morgan fingerprint density at radius 2 is 1.21 bits per heavy atom. The number of nitrogens with two attached hydrogens (primary N) is 1. The maximum absolute atomic E-state index is 14.0. The summed E-state index contributed by atoms with van der Waals surface area (Å²) in [4.78, 5) is 78.2. The number of primary amides is 1. The van der Waals surface area contributed by atoms with Crippen LogP contribution in [0.4, 0.5) is 4.79 Å². The molecule has 0 aliphatic rings. The van der Waals surface area contributed by atoms with Gasteiger partial charge in [0.05, 0.1) is 7.11 Å². The Balaban J connectivity index is 2.39. The first-order valence-corrected chi connectivity index (χ1v) is 17.9. The fourth-order valence-electron chi connectivity index (χ4n) is 5.26. The number of benzene rings is 2. The molecule has 0 fully saturated rings. The van der Waals surface area contributed by atoms with E-state index >= 15 is 0 Å². The van der Waals surface area contributed by atoms with Gasteiger partial charge in [-0.25, -0.2) is 9.59 Å². The molecule has 2 rings (SSSR count). The Hall–Kier alpha value is -5.14. The minimum Gasteiger partial charge on any atom is -0.489 e. The number of methoxy groups -OCH3 is 1. The molecule has 0 unspecified atom stereocenters. The highest BCUT2D eigenvalue weighted by atomic mass is 16.6. The van der Waals surface area contributed by atoms with Crippen molar-refractivity contribution in [2.45, 2.75) is 117 Å². The lowest BCUT2D eigenvalue weighted by atomic mass is 10.0. The molecule has 0 spiro atoms. The number of amides is 5. The van der Waals surface area contributed by atoms with Gasteiger partial charge in [-0.05, 0) is 75.1 Å². The molecule has 0 radical (unpaired) electrons. The van der Waals surface area contributed by atoms with E-state index in [2.05, 4.69) is 21.3 Å². The average molecular weight is 740 g/mol. The van der Waals surface area contributed by atoms with E-state index in [1.807, 2.05) is 58.0 Å². The van der Waals surface area contributed by atoms with E-state index in [9.17, 15) is 28.8 Å². The van der Waals surface area contributed by atoms with Crippen LogP contribution in [0.3, 0.4) is 0 Å². The molecule has 0 aliphatic carbocycles. The van der Waals surface area contributed by atoms with E-state index in [1.54, 1.807) is 45.0 Å². The third-order valence-electron chi connectivity index (χ3n) is 7.78. The summed E-state index contributed by atoms with van der Waals surface area (Å²) in [5, 5.41) is 10.6. The number of carbonyl (C=O) groups excluding carboxylic acids is 6. The molecule has 53 heavy (non-hydrogen) atoms. The zero-order valence-corrected chi connectivity index (χ0v) is 32.2. The molecule has 292 valence electrons. The maximum Gasteiger partial charge on any atom is 0.408 e. The van der Waals surface area contributed by atoms with Crippen LogP contribution in [-0.2, 0) is 46.5 Å². The van der Waals surface area contributed by atoms with Gasteiger partial charge in [-0.1, -0.05) is 70.2 Å². The maximum atomic E-state index is 14.0. The molecule has 6 N–H and O–H groups in total. The molecule has 0 aliphatic heterocycles. The number of nitrogens with one attached hydrogen (secondary N) is 4. The molecule has 14 nitrogen and oxygen atoms in total. The van der Waals surface area contributed by atoms with Crippen molar-refractivity contribution in [3.8, 4) is 5.75 Å². The van der Waals surface area contributed by atoms with Crippen molar-refractivity contribution in [1.29, 1.82) is 0 Å². The third kappa shape index (κ3) is 17.3. The van der Waals surface area contributed by atoms with Crippen molar-refractivity contribution in [3.05, 3.63) is 65.7 Å². The first-order valence-electron chi connectivity index (χ1n) is 17.9. The summed E-state index contributed by atoms with van der Waals surface area (Å²) in [6, 6.07) is 12.0. The van der Waals surface area contributed by atoms with Crippen molar-refractivity contribution in [2.75, 3.05) is 7.11 Å². The number of esters is 1. The minimum atomic E-state index is -1.30. The molecule has 5 amide bonds. The molecule has 0 aromatic heterocycles. The Bertz CT molecular complexity index is 1510. The number of carbonyl (C=O) groups is 6. The lowest BCUT2D eigenvalue weighted by Gasteiger charge is -2.27. The quantitative estimate of drug-likeness (QED) is 0.126. The van der Waals surface area contributed by atoms with Crippen LogP contribution < -0.4 is 31.7 Å². The first kappa shape index (κ1) is 44.0. The van der Waals surface area contributed by atoms with Gasteiger partial charge in [0, 0.05) is 12.8 Å². The van der Waals surface area contributed by atoms with Crippen LogP contribution in [0.5, 0.6) is 5.75 Å². The fraction of sp³-hybridized carbons (Fsp3) is 0.538. The molecule has 14 heteroatoms. The molecule has 2 aromatic rings. The summed E-state index contributed by atoms with van der Waals surface area (Å²) in [5.41, 5.74) is 6.21. The lowest BCUT2D eigenvalue weighted by molar-refractivity contribution is -0.146. The Morgan fingerprint density at radius 1 is 0.679 bits per heavy atom. The second-order valence-electron chi connectivity index (χ2n) is 14.8. The van der Waals surface area contributed by atoms with Crippen LogP contribution >= 0.6 is 0 Å². The predicted octanol–water partition coefficient (Wildman–Crippen LogP) is 3.69. The lowest BCUT2D eigenvalue weighted by Crippen LogP contribution is -2.58. The average Bonchev–Trinajstić information content (AvgIpc) is 3.07. The molecule has 2 aromatic carbocycles. The molecular formula is C39H57N5O9. The van der Waals surface area contributed by atoms with E-state index in [0.29, 0.717) is 17.9 Å². The third-order valence-corrected chi connectivity index (χ3v) is 7.78. The second-order valence-corrected chi connectivity index (χ2v) is 14.8. The van der Waals surface area contributed by atoms with E-state index in [-0.39, 0.29) is 43.9 Å². The summed E-state index contributed by atoms with van der Waals surface area (Å²) in [5.74, 6) is -2.90. The van der Waals surface area contributed by atoms with Crippen LogP contribution in [0, 0.1) is 11.8 Å². The van der Waals surface area contributed by atoms with Crippen molar-refractivity contribution in [1.82, 2.24) is 21.3 Å². The number of rotatable bonds is 20. The van der Waals surface area contributed by atoms with Crippen LogP contribution in [0.2, 0.25) is 0 Å². The van der Waals surface area contributed by atoms with Crippen molar-refractivity contribution in [2.24, 2.45) is 17.6 Å². The van der Waals surface area contributed by atoms with Gasteiger partial charge in [0.2, 0.25) is 23.6 Å². The van der Waals surface area contributed by atoms with Crippen molar-refractivity contribution in [3.63, 3.8) is 0 Å². The number of hydrogen-bond donors (Lipinski definition) is 5. The van der Waals surface area contributed by atoms with Gasteiger partial charge < -0.3 is 41.2 Å². The zero-order chi connectivity index (χ0) is 39.7. The SMILES string of the molecule is COC(=O)[C@H](CC(C)C)NC(=O)[C@H](CCC(N)=O)NC(=O)[C@H](Cc1ccc(OCc2ccccc2)cc1)NC(=O)[C@@H](CC(C)C)NC(=O)OC(C)(C)C. The zero-order valence-electron chi connectivity index (χ0n) is 32.2. The standard InChI is InChI=1S/C39H57N5O9/c1-24(2)20-30(44-38(50)53-39(5,6)7)35(47)42-31(22-26-14-16-28(17-15-26)52-23-27-12-10-9-11-13-27)36(48)41-29(18-19-33(40)45)34(46)43-32(21-25(3)4)37(49)51-8/h9-17,24-25,29-32H,18-23H2,1-8H3,(H2,40,45)(H,41,48)(H,42,47)(H,43,46)(H,44,50)/t29-,30+,31-,32-/m0/s1. The summed E-state index contributed by atoms with van der Waals surface area (Å²) < 4.78 is 16.1. The van der Waals surface area contributed by atoms with Crippen molar-refractivity contribution < 1.29 is 43.0 Å². The smallest absolute Gasteiger partial charge is 0.408 e. The summed E-state index contributed by atoms with van der Waals surface area (Å²) in [6.45, 7) is 12.9. The Kier molecular flexibility index (Phi) is 17.8. The highest BCUT2D eigenvalue weighted by Gasteiger charge is 2.33. The minimum absolute atomic E-state index is 0.0142. The van der Waals surface area contributed by atoms with Crippen molar-refractivity contribution >= 4 is 35.7 Å². The topological polar surface area (TPSA) is 204 Å². The van der Waals surface area contributed by atoms with Crippen LogP contribution in [0.25, 0.3) is 0 Å². The highest BCUT2D eigenvalue weighted by Crippen LogP contribution is 2.17. The largest absolute Gasteiger partial charge is 0.489 e. The van der Waals surface area contributed by atoms with Gasteiger partial charge in [-0.3, -0.25) is 19.2 Å².